The quantitative estimate of drug-likeness (QED) is 0.718. The standard InChI is InChI=1S/C9H10FNO/c1-7(12)11-9-4-2-3-8(5-9)6-10/h2-5H,6H2,1H3,(H,11,12). The summed E-state index contributed by atoms with van der Waals surface area (Å²) in [6.07, 6.45) is 0. The highest BCUT2D eigenvalue weighted by Gasteiger charge is 1.96. The van der Waals surface area contributed by atoms with E-state index >= 15 is 0 Å². The third-order valence-corrected chi connectivity index (χ3v) is 1.40. The van der Waals surface area contributed by atoms with Crippen LogP contribution in [0.3, 0.4) is 0 Å². The predicted octanol–water partition coefficient (Wildman–Crippen LogP) is 2.11. The largest absolute Gasteiger partial charge is 0.326 e. The zero-order chi connectivity index (χ0) is 8.97. The lowest BCUT2D eigenvalue weighted by Crippen LogP contribution is -2.05. The summed E-state index contributed by atoms with van der Waals surface area (Å²) in [6, 6.07) is 6.72. The van der Waals surface area contributed by atoms with Crippen molar-refractivity contribution < 1.29 is 9.18 Å². The first-order valence-electron chi connectivity index (χ1n) is 3.65. The maximum absolute atomic E-state index is 12.1. The molecule has 0 saturated heterocycles. The Bertz CT molecular complexity index is 286. The fourth-order valence-corrected chi connectivity index (χ4v) is 0.935. The third-order valence-electron chi connectivity index (χ3n) is 1.40. The first kappa shape index (κ1) is 8.71. The molecule has 0 radical (unpaired) electrons. The Morgan fingerprint density at radius 2 is 2.33 bits per heavy atom. The molecular formula is C9H10FNO. The smallest absolute Gasteiger partial charge is 0.221 e. The number of rotatable bonds is 2. The molecule has 1 N–H and O–H groups in total. The monoisotopic (exact) mass is 167 g/mol. The fraction of sp³-hybridized carbons (Fsp3) is 0.222. The molecule has 1 rings (SSSR count). The van der Waals surface area contributed by atoms with Gasteiger partial charge in [0.1, 0.15) is 6.67 Å². The van der Waals surface area contributed by atoms with Gasteiger partial charge in [0.2, 0.25) is 5.91 Å². The van der Waals surface area contributed by atoms with E-state index in [1.807, 2.05) is 0 Å². The fourth-order valence-electron chi connectivity index (χ4n) is 0.935. The molecule has 2 nitrogen and oxygen atoms in total. The molecule has 1 aromatic carbocycles. The van der Waals surface area contributed by atoms with E-state index in [1.165, 1.54) is 6.92 Å². The van der Waals surface area contributed by atoms with Crippen molar-refractivity contribution in [3.05, 3.63) is 29.8 Å². The molecule has 3 heteroatoms. The molecule has 12 heavy (non-hydrogen) atoms. The Balaban J connectivity index is 2.79. The van der Waals surface area contributed by atoms with Gasteiger partial charge < -0.3 is 5.32 Å². The van der Waals surface area contributed by atoms with E-state index in [1.54, 1.807) is 24.3 Å². The summed E-state index contributed by atoms with van der Waals surface area (Å²) in [5.74, 6) is -0.147. The second-order valence-corrected chi connectivity index (χ2v) is 2.52. The van der Waals surface area contributed by atoms with Gasteiger partial charge in [0, 0.05) is 12.6 Å². The molecule has 1 amide bonds. The van der Waals surface area contributed by atoms with Crippen molar-refractivity contribution in [3.63, 3.8) is 0 Å². The predicted molar refractivity (Wildman–Crippen MR) is 45.6 cm³/mol. The molecule has 1 aromatic rings. The van der Waals surface area contributed by atoms with E-state index in [0.717, 1.165) is 0 Å². The second-order valence-electron chi connectivity index (χ2n) is 2.52. The number of benzene rings is 1. The third kappa shape index (κ3) is 2.34. The maximum atomic E-state index is 12.1. The van der Waals surface area contributed by atoms with Gasteiger partial charge in [-0.3, -0.25) is 4.79 Å². The molecule has 0 aromatic heterocycles. The van der Waals surface area contributed by atoms with Gasteiger partial charge in [-0.15, -0.1) is 0 Å². The molecule has 0 aliphatic heterocycles. The minimum Gasteiger partial charge on any atom is -0.326 e. The van der Waals surface area contributed by atoms with Crippen LogP contribution in [-0.2, 0) is 11.5 Å². The molecule has 0 spiro atoms. The van der Waals surface area contributed by atoms with Crippen LogP contribution in [0.4, 0.5) is 10.1 Å². The van der Waals surface area contributed by atoms with Crippen LogP contribution in [0.15, 0.2) is 24.3 Å². The van der Waals surface area contributed by atoms with Crippen molar-refractivity contribution in [1.29, 1.82) is 0 Å². The number of halogens is 1. The van der Waals surface area contributed by atoms with Crippen LogP contribution < -0.4 is 5.32 Å². The van der Waals surface area contributed by atoms with Crippen molar-refractivity contribution in [3.8, 4) is 0 Å². The number of hydrogen-bond acceptors (Lipinski definition) is 1. The number of anilines is 1. The van der Waals surface area contributed by atoms with Crippen molar-refractivity contribution in [2.45, 2.75) is 13.6 Å². The zero-order valence-corrected chi connectivity index (χ0v) is 6.80. The highest BCUT2D eigenvalue weighted by molar-refractivity contribution is 5.88. The van der Waals surface area contributed by atoms with Crippen LogP contribution in [0.5, 0.6) is 0 Å². The molecule has 0 saturated carbocycles. The van der Waals surface area contributed by atoms with Crippen LogP contribution in [0.25, 0.3) is 0 Å². The van der Waals surface area contributed by atoms with Gasteiger partial charge in [0.05, 0.1) is 0 Å². The summed E-state index contributed by atoms with van der Waals surface area (Å²) < 4.78 is 12.1. The highest BCUT2D eigenvalue weighted by Crippen LogP contribution is 2.10. The van der Waals surface area contributed by atoms with Gasteiger partial charge in [-0.25, -0.2) is 4.39 Å². The van der Waals surface area contributed by atoms with Crippen molar-refractivity contribution >= 4 is 11.6 Å². The van der Waals surface area contributed by atoms with Gasteiger partial charge in [-0.05, 0) is 17.7 Å². The Kier molecular flexibility index (Phi) is 2.80. The van der Waals surface area contributed by atoms with Gasteiger partial charge in [-0.1, -0.05) is 12.1 Å². The Morgan fingerprint density at radius 1 is 1.58 bits per heavy atom. The SMILES string of the molecule is CC(=O)Nc1cccc(CF)c1. The Hall–Kier alpha value is -1.38. The highest BCUT2D eigenvalue weighted by atomic mass is 19.1. The Labute approximate surface area is 70.4 Å². The van der Waals surface area contributed by atoms with Gasteiger partial charge in [0.15, 0.2) is 0 Å². The van der Waals surface area contributed by atoms with E-state index in [9.17, 15) is 9.18 Å². The minimum atomic E-state index is -0.507. The van der Waals surface area contributed by atoms with E-state index in [4.69, 9.17) is 0 Å². The molecule has 0 unspecified atom stereocenters. The number of alkyl halides is 1. The topological polar surface area (TPSA) is 29.1 Å². The molecule has 64 valence electrons. The lowest BCUT2D eigenvalue weighted by Gasteiger charge is -2.02. The molecule has 0 fully saturated rings. The summed E-state index contributed by atoms with van der Waals surface area (Å²) in [6.45, 7) is 0.912. The molecule has 0 aliphatic carbocycles. The van der Waals surface area contributed by atoms with Gasteiger partial charge in [-0.2, -0.15) is 0 Å². The van der Waals surface area contributed by atoms with Crippen LogP contribution in [-0.4, -0.2) is 5.91 Å². The first-order valence-corrected chi connectivity index (χ1v) is 3.65. The number of nitrogens with one attached hydrogen (secondary N) is 1. The lowest BCUT2D eigenvalue weighted by atomic mass is 10.2. The molecule has 0 aliphatic rings. The molecule has 0 heterocycles. The Morgan fingerprint density at radius 3 is 2.92 bits per heavy atom. The van der Waals surface area contributed by atoms with Crippen LogP contribution in [0.1, 0.15) is 12.5 Å². The lowest BCUT2D eigenvalue weighted by molar-refractivity contribution is -0.114. The number of carbonyl (C=O) groups is 1. The minimum absolute atomic E-state index is 0.147. The molecular weight excluding hydrogens is 157 g/mol. The summed E-state index contributed by atoms with van der Waals surface area (Å²) in [7, 11) is 0. The van der Waals surface area contributed by atoms with Crippen molar-refractivity contribution in [1.82, 2.24) is 0 Å². The van der Waals surface area contributed by atoms with E-state index in [-0.39, 0.29) is 5.91 Å². The first-order chi connectivity index (χ1) is 5.72. The average Bonchev–Trinajstić information content (AvgIpc) is 2.03. The van der Waals surface area contributed by atoms with Crippen LogP contribution in [0, 0.1) is 0 Å². The second kappa shape index (κ2) is 3.85. The van der Waals surface area contributed by atoms with Gasteiger partial charge in [0.25, 0.3) is 0 Å². The summed E-state index contributed by atoms with van der Waals surface area (Å²) >= 11 is 0. The van der Waals surface area contributed by atoms with Gasteiger partial charge >= 0.3 is 0 Å². The van der Waals surface area contributed by atoms with E-state index in [0.29, 0.717) is 11.3 Å². The van der Waals surface area contributed by atoms with E-state index in [2.05, 4.69) is 5.32 Å². The number of amides is 1. The normalized spacial score (nSPS) is 9.50. The average molecular weight is 167 g/mol. The summed E-state index contributed by atoms with van der Waals surface area (Å²) in [5.41, 5.74) is 1.21. The molecule has 0 atom stereocenters. The van der Waals surface area contributed by atoms with Crippen LogP contribution in [0.2, 0.25) is 0 Å². The number of carbonyl (C=O) groups excluding carboxylic acids is 1. The van der Waals surface area contributed by atoms with Crippen LogP contribution >= 0.6 is 0 Å². The summed E-state index contributed by atoms with van der Waals surface area (Å²) in [5, 5.41) is 2.57. The molecule has 0 bridgehead atoms. The van der Waals surface area contributed by atoms with E-state index < -0.39 is 6.67 Å². The zero-order valence-electron chi connectivity index (χ0n) is 6.80. The summed E-state index contributed by atoms with van der Waals surface area (Å²) in [4.78, 5) is 10.6. The van der Waals surface area contributed by atoms with Crippen molar-refractivity contribution in [2.24, 2.45) is 0 Å². The maximum Gasteiger partial charge on any atom is 0.221 e. The number of hydrogen-bond donors (Lipinski definition) is 1. The van der Waals surface area contributed by atoms with Crippen molar-refractivity contribution in [2.75, 3.05) is 5.32 Å².